The standard InChI is InChI=1S/C21H19N3O9S3/c1-12(25)32-10-13-11-35-20-18(22-17(26)9-16-3-2-8-34-16)19(27)23(20)21(13)36(30,31)33-15-6-4-14(5-7-15)24(28)29/h2-8,18,20H,9-11H2,1H3,(H,22,26)/t18-,20+/m1/s1. The van der Waals surface area contributed by atoms with E-state index < -0.39 is 43.4 Å². The number of rotatable bonds is 9. The molecule has 2 aromatic rings. The van der Waals surface area contributed by atoms with Crippen LogP contribution in [-0.2, 0) is 35.7 Å². The lowest BCUT2D eigenvalue weighted by Crippen LogP contribution is -2.70. The molecule has 12 nitrogen and oxygen atoms in total. The van der Waals surface area contributed by atoms with E-state index in [-0.39, 0.29) is 41.7 Å². The number of nitro groups is 1. The van der Waals surface area contributed by atoms with Crippen LogP contribution in [-0.4, -0.2) is 59.8 Å². The van der Waals surface area contributed by atoms with Crippen LogP contribution in [0.15, 0.2) is 52.4 Å². The molecule has 0 bridgehead atoms. The highest BCUT2D eigenvalue weighted by Gasteiger charge is 2.56. The number of β-lactam (4-membered cyclic amide) rings is 1. The van der Waals surface area contributed by atoms with Gasteiger partial charge in [-0.3, -0.25) is 29.4 Å². The Kier molecular flexibility index (Phi) is 7.33. The number of carbonyl (C=O) groups is 3. The zero-order valence-electron chi connectivity index (χ0n) is 18.6. The van der Waals surface area contributed by atoms with Crippen LogP contribution >= 0.6 is 23.1 Å². The van der Waals surface area contributed by atoms with Gasteiger partial charge in [-0.05, 0) is 23.6 Å². The number of hydrogen-bond acceptors (Lipinski definition) is 11. The fourth-order valence-electron chi connectivity index (χ4n) is 3.58. The number of ether oxygens (including phenoxy) is 1. The fourth-order valence-corrected chi connectivity index (χ4v) is 7.14. The minimum absolute atomic E-state index is 0.0841. The van der Waals surface area contributed by atoms with E-state index in [1.165, 1.54) is 23.1 Å². The SMILES string of the molecule is CC(=O)OCC1=C(S(=O)(=O)Oc2ccc([N+](=O)[O-])cc2)N2C(=O)[C@@H](NC(=O)Cc3cccs3)[C@@H]2SC1. The van der Waals surface area contributed by atoms with Crippen LogP contribution in [0.3, 0.4) is 0 Å². The van der Waals surface area contributed by atoms with E-state index in [1.54, 1.807) is 12.1 Å². The van der Waals surface area contributed by atoms with E-state index in [0.717, 1.165) is 41.0 Å². The first-order valence-corrected chi connectivity index (χ1v) is 13.7. The molecule has 0 saturated carbocycles. The first-order valence-electron chi connectivity index (χ1n) is 10.4. The van der Waals surface area contributed by atoms with Gasteiger partial charge >= 0.3 is 16.1 Å². The normalized spacial score (nSPS) is 19.2. The number of benzene rings is 1. The van der Waals surface area contributed by atoms with Crippen molar-refractivity contribution >= 4 is 56.7 Å². The second-order valence-electron chi connectivity index (χ2n) is 7.69. The molecule has 2 amide bonds. The average Bonchev–Trinajstić information content (AvgIpc) is 3.33. The van der Waals surface area contributed by atoms with Crippen molar-refractivity contribution in [3.63, 3.8) is 0 Å². The topological polar surface area (TPSA) is 162 Å². The Balaban J connectivity index is 1.57. The lowest BCUT2D eigenvalue weighted by molar-refractivity contribution is -0.384. The second-order valence-corrected chi connectivity index (χ2v) is 11.3. The molecule has 1 aromatic carbocycles. The number of nitrogens with zero attached hydrogens (tertiary/aromatic N) is 2. The van der Waals surface area contributed by atoms with E-state index in [4.69, 9.17) is 8.92 Å². The lowest BCUT2D eigenvalue weighted by Gasteiger charge is -2.49. The predicted octanol–water partition coefficient (Wildman–Crippen LogP) is 1.78. The summed E-state index contributed by atoms with van der Waals surface area (Å²) in [6, 6.07) is 7.03. The third kappa shape index (κ3) is 5.37. The Bertz CT molecular complexity index is 1340. The van der Waals surface area contributed by atoms with Crippen molar-refractivity contribution in [2.45, 2.75) is 24.8 Å². The summed E-state index contributed by atoms with van der Waals surface area (Å²) in [6.07, 6.45) is 0.0841. The average molecular weight is 554 g/mol. The van der Waals surface area contributed by atoms with Crippen LogP contribution in [0, 0.1) is 10.1 Å². The Morgan fingerprint density at radius 1 is 1.25 bits per heavy atom. The number of esters is 1. The molecule has 2 aliphatic rings. The molecule has 0 aliphatic carbocycles. The molecule has 1 fully saturated rings. The minimum Gasteiger partial charge on any atom is -0.461 e. The molecule has 190 valence electrons. The van der Waals surface area contributed by atoms with Gasteiger partial charge in [-0.1, -0.05) is 6.07 Å². The van der Waals surface area contributed by atoms with Gasteiger partial charge in [0.25, 0.3) is 11.6 Å². The monoisotopic (exact) mass is 553 g/mol. The van der Waals surface area contributed by atoms with Gasteiger partial charge in [0.05, 0.1) is 11.3 Å². The van der Waals surface area contributed by atoms with Crippen molar-refractivity contribution in [1.29, 1.82) is 0 Å². The largest absolute Gasteiger partial charge is 0.461 e. The van der Waals surface area contributed by atoms with Gasteiger partial charge in [-0.25, -0.2) is 0 Å². The van der Waals surface area contributed by atoms with Gasteiger partial charge in [-0.2, -0.15) is 8.42 Å². The number of fused-ring (bicyclic) bond motifs is 1. The highest BCUT2D eigenvalue weighted by molar-refractivity contribution is 8.00. The number of thiophene rings is 1. The fraction of sp³-hybridized carbons (Fsp3) is 0.286. The number of hydrogen-bond donors (Lipinski definition) is 1. The lowest BCUT2D eigenvalue weighted by atomic mass is 10.1. The molecule has 1 aromatic heterocycles. The van der Waals surface area contributed by atoms with Gasteiger partial charge in [0, 0.05) is 35.3 Å². The van der Waals surface area contributed by atoms with Crippen LogP contribution in [0.4, 0.5) is 5.69 Å². The molecule has 1 N–H and O–H groups in total. The minimum atomic E-state index is -4.62. The predicted molar refractivity (Wildman–Crippen MR) is 129 cm³/mol. The Morgan fingerprint density at radius 2 is 1.97 bits per heavy atom. The third-order valence-electron chi connectivity index (χ3n) is 5.16. The van der Waals surface area contributed by atoms with Crippen LogP contribution in [0.2, 0.25) is 0 Å². The van der Waals surface area contributed by atoms with Crippen molar-refractivity contribution in [3.8, 4) is 5.75 Å². The van der Waals surface area contributed by atoms with E-state index in [1.807, 2.05) is 5.38 Å². The van der Waals surface area contributed by atoms with E-state index in [0.29, 0.717) is 0 Å². The molecule has 36 heavy (non-hydrogen) atoms. The summed E-state index contributed by atoms with van der Waals surface area (Å²) in [5.74, 6) is -1.79. The van der Waals surface area contributed by atoms with Crippen LogP contribution in [0.25, 0.3) is 0 Å². The van der Waals surface area contributed by atoms with Gasteiger partial charge in [-0.15, -0.1) is 23.1 Å². The number of carbonyl (C=O) groups excluding carboxylic acids is 3. The van der Waals surface area contributed by atoms with Crippen molar-refractivity contribution in [1.82, 2.24) is 10.2 Å². The van der Waals surface area contributed by atoms with Gasteiger partial charge in [0.2, 0.25) is 5.91 Å². The van der Waals surface area contributed by atoms with Gasteiger partial charge in [0.1, 0.15) is 23.8 Å². The molecular formula is C21H19N3O9S3. The van der Waals surface area contributed by atoms with Crippen LogP contribution in [0.1, 0.15) is 11.8 Å². The second kappa shape index (κ2) is 10.3. The van der Waals surface area contributed by atoms with Gasteiger partial charge in [0.15, 0.2) is 5.03 Å². The zero-order chi connectivity index (χ0) is 26.0. The van der Waals surface area contributed by atoms with Crippen molar-refractivity contribution in [2.75, 3.05) is 12.4 Å². The maximum atomic E-state index is 13.3. The van der Waals surface area contributed by atoms with Crippen molar-refractivity contribution in [2.24, 2.45) is 0 Å². The summed E-state index contributed by atoms with van der Waals surface area (Å²) in [5.41, 5.74) is -0.132. The maximum Gasteiger partial charge on any atom is 0.355 e. The summed E-state index contributed by atoms with van der Waals surface area (Å²) in [4.78, 5) is 48.8. The van der Waals surface area contributed by atoms with Crippen molar-refractivity contribution in [3.05, 3.63) is 67.4 Å². The Morgan fingerprint density at radius 3 is 2.58 bits per heavy atom. The summed E-state index contributed by atoms with van der Waals surface area (Å²) in [5, 5.41) is 14.2. The Labute approximate surface area is 213 Å². The Hall–Kier alpha value is -3.43. The summed E-state index contributed by atoms with van der Waals surface area (Å²) >= 11 is 2.61. The number of nitrogens with one attached hydrogen (secondary N) is 1. The smallest absolute Gasteiger partial charge is 0.355 e. The molecule has 3 heterocycles. The quantitative estimate of drug-likeness (QED) is 0.159. The first kappa shape index (κ1) is 25.7. The molecule has 0 radical (unpaired) electrons. The number of thioether (sulfide) groups is 1. The molecule has 2 aliphatic heterocycles. The van der Waals surface area contributed by atoms with E-state index in [2.05, 4.69) is 5.32 Å². The molecule has 4 rings (SSSR count). The number of non-ortho nitro benzene ring substituents is 1. The number of amides is 2. The molecular weight excluding hydrogens is 534 g/mol. The molecule has 15 heteroatoms. The zero-order valence-corrected chi connectivity index (χ0v) is 21.1. The summed E-state index contributed by atoms with van der Waals surface area (Å²) < 4.78 is 36.7. The van der Waals surface area contributed by atoms with Crippen LogP contribution in [0.5, 0.6) is 5.75 Å². The summed E-state index contributed by atoms with van der Waals surface area (Å²) in [7, 11) is -4.62. The first-order chi connectivity index (χ1) is 17.1. The van der Waals surface area contributed by atoms with Gasteiger partial charge < -0.3 is 14.2 Å². The van der Waals surface area contributed by atoms with E-state index in [9.17, 15) is 32.9 Å². The molecule has 2 atom stereocenters. The molecule has 0 spiro atoms. The van der Waals surface area contributed by atoms with E-state index >= 15 is 0 Å². The summed E-state index contributed by atoms with van der Waals surface area (Å²) in [6.45, 7) is 0.779. The maximum absolute atomic E-state index is 13.3. The highest BCUT2D eigenvalue weighted by Crippen LogP contribution is 2.43. The molecule has 0 unspecified atom stereocenters. The molecule has 1 saturated heterocycles. The van der Waals surface area contributed by atoms with Crippen LogP contribution < -0.4 is 9.50 Å². The number of nitro benzene ring substituents is 1. The highest BCUT2D eigenvalue weighted by atomic mass is 32.2. The van der Waals surface area contributed by atoms with Crippen molar-refractivity contribution < 1.29 is 36.6 Å². The third-order valence-corrected chi connectivity index (χ3v) is 8.75.